The Labute approximate surface area is 153 Å². The van der Waals surface area contributed by atoms with Crippen molar-refractivity contribution in [1.29, 1.82) is 0 Å². The third kappa shape index (κ3) is 4.60. The molecule has 0 aliphatic carbocycles. The van der Waals surface area contributed by atoms with Crippen LogP contribution in [0.25, 0.3) is 5.69 Å². The zero-order chi connectivity index (χ0) is 18.4. The third-order valence-electron chi connectivity index (χ3n) is 4.63. The normalized spacial score (nSPS) is 17.4. The third-order valence-corrected chi connectivity index (χ3v) is 4.63. The number of carbonyl (C=O) groups excluding carboxylic acids is 1. The number of benzene rings is 1. The molecule has 3 rings (SSSR count). The first kappa shape index (κ1) is 18.4. The molecule has 0 spiro atoms. The lowest BCUT2D eigenvalue weighted by Crippen LogP contribution is -2.28. The Bertz CT molecular complexity index is 714. The van der Waals surface area contributed by atoms with Crippen LogP contribution in [0.15, 0.2) is 30.5 Å². The summed E-state index contributed by atoms with van der Waals surface area (Å²) in [5, 5.41) is 7.81. The number of carbonyl (C=O) groups is 1. The van der Waals surface area contributed by atoms with Crippen molar-refractivity contribution in [3.05, 3.63) is 36.2 Å². The number of hydrogen-bond acceptors (Lipinski definition) is 6. The summed E-state index contributed by atoms with van der Waals surface area (Å²) in [4.78, 5) is 14.2. The Balaban J connectivity index is 1.48. The Morgan fingerprint density at radius 3 is 2.81 bits per heavy atom. The molecule has 1 aromatic carbocycles. The molecule has 7 heteroatoms. The highest BCUT2D eigenvalue weighted by Crippen LogP contribution is 2.18. The van der Waals surface area contributed by atoms with Crippen molar-refractivity contribution < 1.29 is 14.3 Å². The molecule has 0 saturated carbocycles. The molecule has 140 valence electrons. The smallest absolute Gasteiger partial charge is 0.360 e. The Morgan fingerprint density at radius 1 is 1.31 bits per heavy atom. The summed E-state index contributed by atoms with van der Waals surface area (Å²) in [7, 11) is 0. The van der Waals surface area contributed by atoms with Gasteiger partial charge >= 0.3 is 5.97 Å². The topological polar surface area (TPSA) is 69.5 Å². The molecule has 1 aromatic heterocycles. The summed E-state index contributed by atoms with van der Waals surface area (Å²) in [6.07, 6.45) is 5.20. The number of rotatable bonds is 8. The predicted molar refractivity (Wildman–Crippen MR) is 97.7 cm³/mol. The first-order chi connectivity index (χ1) is 12.7. The lowest BCUT2D eigenvalue weighted by molar-refractivity contribution is 0.0519. The molecule has 2 aromatic rings. The lowest BCUT2D eigenvalue weighted by atomic mass is 10.2. The van der Waals surface area contributed by atoms with Crippen molar-refractivity contribution in [2.24, 2.45) is 0 Å². The van der Waals surface area contributed by atoms with E-state index in [9.17, 15) is 4.79 Å². The van der Waals surface area contributed by atoms with Gasteiger partial charge in [-0.25, -0.2) is 9.48 Å². The minimum Gasteiger partial charge on any atom is -0.494 e. The van der Waals surface area contributed by atoms with Crippen LogP contribution < -0.4 is 4.74 Å². The van der Waals surface area contributed by atoms with Crippen LogP contribution in [0.3, 0.4) is 0 Å². The highest BCUT2D eigenvalue weighted by atomic mass is 16.5. The maximum Gasteiger partial charge on any atom is 0.360 e. The molecular formula is C19H26N4O3. The van der Waals surface area contributed by atoms with E-state index in [-0.39, 0.29) is 5.69 Å². The monoisotopic (exact) mass is 358 g/mol. The van der Waals surface area contributed by atoms with Crippen molar-refractivity contribution in [1.82, 2.24) is 19.9 Å². The number of likely N-dealkylation sites (tertiary alicyclic amines) is 1. The van der Waals surface area contributed by atoms with E-state index >= 15 is 0 Å². The SMILES string of the molecule is CCOC(=O)c1cn(-c2ccc(OCCCN3CCC[C@H]3C)cc2)nn1. The van der Waals surface area contributed by atoms with Crippen LogP contribution in [0.5, 0.6) is 5.75 Å². The zero-order valence-corrected chi connectivity index (χ0v) is 15.4. The molecule has 1 aliphatic rings. The number of ether oxygens (including phenoxy) is 2. The summed E-state index contributed by atoms with van der Waals surface area (Å²) < 4.78 is 12.3. The minimum atomic E-state index is -0.467. The maximum absolute atomic E-state index is 11.6. The van der Waals surface area contributed by atoms with Crippen molar-refractivity contribution in [2.75, 3.05) is 26.3 Å². The summed E-state index contributed by atoms with van der Waals surface area (Å²) in [6.45, 7) is 7.38. The second kappa shape index (κ2) is 8.80. The second-order valence-electron chi connectivity index (χ2n) is 6.49. The van der Waals surface area contributed by atoms with Crippen LogP contribution in [0.2, 0.25) is 0 Å². The largest absolute Gasteiger partial charge is 0.494 e. The second-order valence-corrected chi connectivity index (χ2v) is 6.49. The fourth-order valence-electron chi connectivity index (χ4n) is 3.17. The number of nitrogens with zero attached hydrogens (tertiary/aromatic N) is 4. The van der Waals surface area contributed by atoms with Gasteiger partial charge in [0.25, 0.3) is 0 Å². The van der Waals surface area contributed by atoms with E-state index in [0.29, 0.717) is 19.3 Å². The van der Waals surface area contributed by atoms with E-state index < -0.39 is 5.97 Å². The van der Waals surface area contributed by atoms with Gasteiger partial charge in [-0.3, -0.25) is 0 Å². The molecule has 7 nitrogen and oxygen atoms in total. The molecule has 0 bridgehead atoms. The zero-order valence-electron chi connectivity index (χ0n) is 15.4. The maximum atomic E-state index is 11.6. The first-order valence-corrected chi connectivity index (χ1v) is 9.24. The van der Waals surface area contributed by atoms with Gasteiger partial charge < -0.3 is 14.4 Å². The molecule has 0 radical (unpaired) electrons. The number of hydrogen-bond donors (Lipinski definition) is 0. The number of esters is 1. The van der Waals surface area contributed by atoms with Crippen molar-refractivity contribution >= 4 is 5.97 Å². The highest BCUT2D eigenvalue weighted by molar-refractivity contribution is 5.86. The van der Waals surface area contributed by atoms with E-state index in [4.69, 9.17) is 9.47 Å². The molecule has 1 fully saturated rings. The molecule has 0 amide bonds. The van der Waals surface area contributed by atoms with E-state index in [1.165, 1.54) is 19.4 Å². The van der Waals surface area contributed by atoms with Gasteiger partial charge in [-0.2, -0.15) is 0 Å². The van der Waals surface area contributed by atoms with E-state index in [1.807, 2.05) is 24.3 Å². The van der Waals surface area contributed by atoms with Crippen LogP contribution in [-0.4, -0.2) is 58.2 Å². The number of aromatic nitrogens is 3. The van der Waals surface area contributed by atoms with E-state index in [1.54, 1.807) is 17.8 Å². The Morgan fingerprint density at radius 2 is 2.12 bits per heavy atom. The van der Waals surface area contributed by atoms with Crippen molar-refractivity contribution in [3.63, 3.8) is 0 Å². The minimum absolute atomic E-state index is 0.198. The fraction of sp³-hybridized carbons (Fsp3) is 0.526. The van der Waals surface area contributed by atoms with Crippen LogP contribution in [0.4, 0.5) is 0 Å². The van der Waals surface area contributed by atoms with Crippen LogP contribution in [-0.2, 0) is 4.74 Å². The van der Waals surface area contributed by atoms with Crippen molar-refractivity contribution in [3.8, 4) is 11.4 Å². The summed E-state index contributed by atoms with van der Waals surface area (Å²) in [6, 6.07) is 8.29. The van der Waals surface area contributed by atoms with Crippen LogP contribution in [0, 0.1) is 0 Å². The van der Waals surface area contributed by atoms with Gasteiger partial charge in [-0.1, -0.05) is 5.21 Å². The van der Waals surface area contributed by atoms with Gasteiger partial charge in [0, 0.05) is 12.6 Å². The molecular weight excluding hydrogens is 332 g/mol. The molecule has 1 saturated heterocycles. The summed E-state index contributed by atoms with van der Waals surface area (Å²) in [5.41, 5.74) is 1.01. The molecule has 0 N–H and O–H groups in total. The Kier molecular flexibility index (Phi) is 6.22. The predicted octanol–water partition coefficient (Wildman–Crippen LogP) is 2.70. The Hall–Kier alpha value is -2.41. The fourth-order valence-corrected chi connectivity index (χ4v) is 3.17. The summed E-state index contributed by atoms with van der Waals surface area (Å²) >= 11 is 0. The molecule has 0 unspecified atom stereocenters. The average molecular weight is 358 g/mol. The summed E-state index contributed by atoms with van der Waals surface area (Å²) in [5.74, 6) is 0.361. The van der Waals surface area contributed by atoms with Crippen LogP contribution in [0.1, 0.15) is 43.6 Å². The van der Waals surface area contributed by atoms with Gasteiger partial charge in [-0.15, -0.1) is 5.10 Å². The highest BCUT2D eigenvalue weighted by Gasteiger charge is 2.19. The molecule has 2 heterocycles. The first-order valence-electron chi connectivity index (χ1n) is 9.24. The molecule has 1 atom stereocenters. The van der Waals surface area contributed by atoms with Gasteiger partial charge in [0.05, 0.1) is 25.1 Å². The average Bonchev–Trinajstić information content (AvgIpc) is 3.29. The standard InChI is InChI=1S/C19H26N4O3/c1-3-25-19(24)18-14-23(21-20-18)16-7-9-17(10-8-16)26-13-5-12-22-11-4-6-15(22)2/h7-10,14-15H,3-6,11-13H2,1-2H3/t15-/m1/s1. The van der Waals surface area contributed by atoms with E-state index in [2.05, 4.69) is 22.1 Å². The van der Waals surface area contributed by atoms with Gasteiger partial charge in [0.15, 0.2) is 5.69 Å². The van der Waals surface area contributed by atoms with Crippen LogP contribution >= 0.6 is 0 Å². The van der Waals surface area contributed by atoms with E-state index in [0.717, 1.165) is 24.4 Å². The van der Waals surface area contributed by atoms with Crippen molar-refractivity contribution in [2.45, 2.75) is 39.2 Å². The van der Waals surface area contributed by atoms with Gasteiger partial charge in [0.1, 0.15) is 5.75 Å². The van der Waals surface area contributed by atoms with Gasteiger partial charge in [-0.05, 0) is 63.9 Å². The van der Waals surface area contributed by atoms with Gasteiger partial charge in [0.2, 0.25) is 0 Å². The quantitative estimate of drug-likeness (QED) is 0.534. The lowest BCUT2D eigenvalue weighted by Gasteiger charge is -2.20. The molecule has 1 aliphatic heterocycles. The molecule has 26 heavy (non-hydrogen) atoms.